The first-order valence-corrected chi connectivity index (χ1v) is 7.20. The van der Waals surface area contributed by atoms with Crippen molar-refractivity contribution in [1.29, 1.82) is 0 Å². The van der Waals surface area contributed by atoms with Crippen LogP contribution in [0.5, 0.6) is 0 Å². The highest BCUT2D eigenvalue weighted by Crippen LogP contribution is 2.26. The quantitative estimate of drug-likeness (QED) is 0.805. The van der Waals surface area contributed by atoms with Gasteiger partial charge in [-0.2, -0.15) is 0 Å². The van der Waals surface area contributed by atoms with Crippen LogP contribution in [0.3, 0.4) is 0 Å². The first-order chi connectivity index (χ1) is 8.15. The number of hydrogen-bond donors (Lipinski definition) is 1. The van der Waals surface area contributed by atoms with Gasteiger partial charge < -0.3 is 14.9 Å². The van der Waals surface area contributed by atoms with Crippen molar-refractivity contribution in [3.8, 4) is 0 Å². The number of rotatable bonds is 4. The predicted octanol–water partition coefficient (Wildman–Crippen LogP) is 1.42. The molecule has 17 heavy (non-hydrogen) atoms. The fourth-order valence-electron chi connectivity index (χ4n) is 3.39. The second kappa shape index (κ2) is 6.17. The van der Waals surface area contributed by atoms with Crippen LogP contribution in [-0.4, -0.2) is 61.3 Å². The van der Waals surface area contributed by atoms with Crippen molar-refractivity contribution >= 4 is 0 Å². The SMILES string of the molecule is CN1CCC(CN(C)CC2CCCC2O)CC1. The van der Waals surface area contributed by atoms with Crippen molar-refractivity contribution in [2.75, 3.05) is 40.3 Å². The molecule has 1 heterocycles. The molecule has 1 aliphatic heterocycles. The molecule has 1 aliphatic carbocycles. The maximum absolute atomic E-state index is 9.85. The predicted molar refractivity (Wildman–Crippen MR) is 71.1 cm³/mol. The minimum atomic E-state index is -0.0325. The summed E-state index contributed by atoms with van der Waals surface area (Å²) in [6, 6.07) is 0. The van der Waals surface area contributed by atoms with Crippen LogP contribution in [0, 0.1) is 11.8 Å². The monoisotopic (exact) mass is 240 g/mol. The molecule has 2 atom stereocenters. The van der Waals surface area contributed by atoms with Crippen LogP contribution in [0.1, 0.15) is 32.1 Å². The Hall–Kier alpha value is -0.120. The van der Waals surface area contributed by atoms with Gasteiger partial charge >= 0.3 is 0 Å². The van der Waals surface area contributed by atoms with E-state index in [1.165, 1.54) is 45.3 Å². The molecule has 2 rings (SSSR count). The lowest BCUT2D eigenvalue weighted by Crippen LogP contribution is -2.38. The van der Waals surface area contributed by atoms with Gasteiger partial charge in [0.25, 0.3) is 0 Å². The summed E-state index contributed by atoms with van der Waals surface area (Å²) >= 11 is 0. The molecular weight excluding hydrogens is 212 g/mol. The normalized spacial score (nSPS) is 32.5. The average Bonchev–Trinajstić information content (AvgIpc) is 2.68. The van der Waals surface area contributed by atoms with Crippen molar-refractivity contribution in [3.05, 3.63) is 0 Å². The molecule has 1 N–H and O–H groups in total. The maximum atomic E-state index is 9.85. The number of hydrogen-bond acceptors (Lipinski definition) is 3. The van der Waals surface area contributed by atoms with E-state index in [0.717, 1.165) is 18.9 Å². The number of aliphatic hydroxyl groups excluding tert-OH is 1. The van der Waals surface area contributed by atoms with E-state index in [1.54, 1.807) is 0 Å². The third-order valence-corrected chi connectivity index (χ3v) is 4.57. The summed E-state index contributed by atoms with van der Waals surface area (Å²) in [6.45, 7) is 4.82. The van der Waals surface area contributed by atoms with E-state index < -0.39 is 0 Å². The van der Waals surface area contributed by atoms with E-state index in [0.29, 0.717) is 5.92 Å². The summed E-state index contributed by atoms with van der Waals surface area (Å²) in [5.41, 5.74) is 0. The number of nitrogens with zero attached hydrogens (tertiary/aromatic N) is 2. The van der Waals surface area contributed by atoms with Gasteiger partial charge in [-0.1, -0.05) is 6.42 Å². The van der Waals surface area contributed by atoms with E-state index in [2.05, 4.69) is 23.9 Å². The summed E-state index contributed by atoms with van der Waals surface area (Å²) in [4.78, 5) is 4.88. The van der Waals surface area contributed by atoms with Crippen molar-refractivity contribution in [3.63, 3.8) is 0 Å². The van der Waals surface area contributed by atoms with Crippen molar-refractivity contribution < 1.29 is 5.11 Å². The molecule has 3 heteroatoms. The number of likely N-dealkylation sites (tertiary alicyclic amines) is 1. The molecule has 1 saturated heterocycles. The molecule has 0 aromatic heterocycles. The Morgan fingerprint density at radius 1 is 1.12 bits per heavy atom. The van der Waals surface area contributed by atoms with E-state index in [9.17, 15) is 5.11 Å². The number of piperidine rings is 1. The van der Waals surface area contributed by atoms with Gasteiger partial charge in [-0.25, -0.2) is 0 Å². The van der Waals surface area contributed by atoms with Crippen molar-refractivity contribution in [2.24, 2.45) is 11.8 Å². The first-order valence-electron chi connectivity index (χ1n) is 7.20. The molecule has 2 fully saturated rings. The summed E-state index contributed by atoms with van der Waals surface area (Å²) < 4.78 is 0. The molecular formula is C14H28N2O. The van der Waals surface area contributed by atoms with Crippen LogP contribution in [0.15, 0.2) is 0 Å². The van der Waals surface area contributed by atoms with Gasteiger partial charge in [-0.15, -0.1) is 0 Å². The Morgan fingerprint density at radius 3 is 2.41 bits per heavy atom. The van der Waals surface area contributed by atoms with E-state index in [4.69, 9.17) is 0 Å². The Bertz CT molecular complexity index is 226. The molecule has 2 unspecified atom stereocenters. The Morgan fingerprint density at radius 2 is 1.82 bits per heavy atom. The average molecular weight is 240 g/mol. The second-order valence-corrected chi connectivity index (χ2v) is 6.23. The zero-order valence-corrected chi connectivity index (χ0v) is 11.4. The lowest BCUT2D eigenvalue weighted by atomic mass is 9.96. The summed E-state index contributed by atoms with van der Waals surface area (Å²) in [6.07, 6.45) is 6.11. The van der Waals surface area contributed by atoms with Crippen LogP contribution in [0.4, 0.5) is 0 Å². The van der Waals surface area contributed by atoms with E-state index >= 15 is 0 Å². The highest BCUT2D eigenvalue weighted by molar-refractivity contribution is 4.80. The molecule has 3 nitrogen and oxygen atoms in total. The Kier molecular flexibility index (Phi) is 4.83. The lowest BCUT2D eigenvalue weighted by Gasteiger charge is -2.32. The van der Waals surface area contributed by atoms with Gasteiger partial charge in [0.1, 0.15) is 0 Å². The lowest BCUT2D eigenvalue weighted by molar-refractivity contribution is 0.0982. The number of aliphatic hydroxyl groups is 1. The highest BCUT2D eigenvalue weighted by atomic mass is 16.3. The maximum Gasteiger partial charge on any atom is 0.0580 e. The second-order valence-electron chi connectivity index (χ2n) is 6.23. The smallest absolute Gasteiger partial charge is 0.0580 e. The fraction of sp³-hybridized carbons (Fsp3) is 1.00. The molecule has 0 bridgehead atoms. The molecule has 0 radical (unpaired) electrons. The molecule has 0 aromatic carbocycles. The van der Waals surface area contributed by atoms with Gasteiger partial charge in [0.2, 0.25) is 0 Å². The largest absolute Gasteiger partial charge is 0.393 e. The van der Waals surface area contributed by atoms with Gasteiger partial charge in [-0.05, 0) is 64.7 Å². The zero-order valence-electron chi connectivity index (χ0n) is 11.4. The third-order valence-electron chi connectivity index (χ3n) is 4.57. The third kappa shape index (κ3) is 3.94. The molecule has 2 aliphatic rings. The van der Waals surface area contributed by atoms with Gasteiger partial charge in [-0.3, -0.25) is 0 Å². The molecule has 0 spiro atoms. The zero-order chi connectivity index (χ0) is 12.3. The Balaban J connectivity index is 1.68. The summed E-state index contributed by atoms with van der Waals surface area (Å²) in [5.74, 6) is 1.40. The fourth-order valence-corrected chi connectivity index (χ4v) is 3.39. The molecule has 100 valence electrons. The molecule has 0 aromatic rings. The Labute approximate surface area is 106 Å². The minimum Gasteiger partial charge on any atom is -0.393 e. The molecule has 1 saturated carbocycles. The van der Waals surface area contributed by atoms with Crippen molar-refractivity contribution in [1.82, 2.24) is 9.80 Å². The van der Waals surface area contributed by atoms with Gasteiger partial charge in [0, 0.05) is 13.1 Å². The van der Waals surface area contributed by atoms with Crippen LogP contribution < -0.4 is 0 Å². The van der Waals surface area contributed by atoms with Crippen LogP contribution in [-0.2, 0) is 0 Å². The minimum absolute atomic E-state index is 0.0325. The van der Waals surface area contributed by atoms with Gasteiger partial charge in [0.15, 0.2) is 0 Å². The standard InChI is InChI=1S/C14H28N2O/c1-15-8-6-12(7-9-15)10-16(2)11-13-4-3-5-14(13)17/h12-14,17H,3-11H2,1-2H3. The first kappa shape index (κ1) is 13.3. The topological polar surface area (TPSA) is 26.7 Å². The van der Waals surface area contributed by atoms with Crippen LogP contribution >= 0.6 is 0 Å². The van der Waals surface area contributed by atoms with E-state index in [1.807, 2.05) is 0 Å². The summed E-state index contributed by atoms with van der Waals surface area (Å²) in [7, 11) is 4.44. The highest BCUT2D eigenvalue weighted by Gasteiger charge is 2.27. The van der Waals surface area contributed by atoms with E-state index in [-0.39, 0.29) is 6.10 Å². The van der Waals surface area contributed by atoms with Gasteiger partial charge in [0.05, 0.1) is 6.10 Å². The van der Waals surface area contributed by atoms with Crippen LogP contribution in [0.2, 0.25) is 0 Å². The molecule has 0 amide bonds. The van der Waals surface area contributed by atoms with Crippen molar-refractivity contribution in [2.45, 2.75) is 38.2 Å². The summed E-state index contributed by atoms with van der Waals surface area (Å²) in [5, 5.41) is 9.85. The van der Waals surface area contributed by atoms with Crippen LogP contribution in [0.25, 0.3) is 0 Å².